The van der Waals surface area contributed by atoms with Crippen LogP contribution in [0.15, 0.2) is 109 Å². The van der Waals surface area contributed by atoms with Gasteiger partial charge in [-0.15, -0.1) is 0 Å². The second-order valence-corrected chi connectivity index (χ2v) is 19.1. The molecule has 404 valence electrons. The molecule has 0 N–H and O–H groups in total. The minimum atomic E-state index is -0.796. The van der Waals surface area contributed by atoms with Gasteiger partial charge in [-0.25, -0.2) is 0 Å². The second-order valence-electron chi connectivity index (χ2n) is 19.1. The van der Waals surface area contributed by atoms with Crippen LogP contribution in [0.3, 0.4) is 0 Å². The maximum absolute atomic E-state index is 12.9. The highest BCUT2D eigenvalue weighted by molar-refractivity contribution is 5.71. The summed E-state index contributed by atoms with van der Waals surface area (Å²) in [6.45, 7) is 6.37. The Bertz CT molecular complexity index is 1460. The van der Waals surface area contributed by atoms with E-state index in [1.165, 1.54) is 96.3 Å². The fourth-order valence-electron chi connectivity index (χ4n) is 7.89. The lowest BCUT2D eigenvalue weighted by Crippen LogP contribution is -2.30. The number of unbranched alkanes of at least 4 members (excludes halogenated alkanes) is 23. The zero-order chi connectivity index (χ0) is 51.4. The monoisotopic (exact) mass is 985 g/mol. The standard InChI is InChI=1S/C65H108O6/c1-4-7-10-13-16-19-22-25-28-31-32-35-37-40-43-46-49-52-55-58-64(67)70-61-62(71-65(68)59-56-53-50-47-44-41-38-34-30-27-24-21-18-15-12-9-6-3)60-69-63(66)57-54-51-48-45-42-39-36-33-29-26-23-20-17-14-11-8-5-2/h8-9,11-12,16-21,25-30,32,35,62H,4-7,10,13-15,22-24,31,33-34,36-61H2,1-3H3/b11-8-,12-9-,19-16-,20-17-,21-18-,28-25-,29-26-,30-27-,35-32-. The number of esters is 3. The molecule has 0 spiro atoms. The van der Waals surface area contributed by atoms with E-state index in [4.69, 9.17) is 14.2 Å². The zero-order valence-electron chi connectivity index (χ0n) is 46.2. The first kappa shape index (κ1) is 67.1. The summed E-state index contributed by atoms with van der Waals surface area (Å²) >= 11 is 0. The second kappa shape index (κ2) is 58.6. The van der Waals surface area contributed by atoms with Crippen molar-refractivity contribution in [2.45, 2.75) is 271 Å². The van der Waals surface area contributed by atoms with Crippen LogP contribution in [0.5, 0.6) is 0 Å². The van der Waals surface area contributed by atoms with Crippen LogP contribution < -0.4 is 0 Å². The van der Waals surface area contributed by atoms with Crippen molar-refractivity contribution in [3.05, 3.63) is 109 Å². The molecule has 0 aromatic carbocycles. The lowest BCUT2D eigenvalue weighted by molar-refractivity contribution is -0.167. The highest BCUT2D eigenvalue weighted by Crippen LogP contribution is 2.15. The SMILES string of the molecule is CC/C=C\C/C=C\C/C=C\CCCCCCCCCC(=O)OCC(COC(=O)CCCCCCCC/C=C\C/C=C\C/C=C\CCCCC)OC(=O)CCCCCCCCC/C=C\C/C=C\C/C=C\CC. The highest BCUT2D eigenvalue weighted by Gasteiger charge is 2.19. The molecule has 1 unspecified atom stereocenters. The fraction of sp³-hybridized carbons (Fsp3) is 0.677. The van der Waals surface area contributed by atoms with Crippen LogP contribution in [0.1, 0.15) is 265 Å². The van der Waals surface area contributed by atoms with Gasteiger partial charge in [-0.05, 0) is 122 Å². The van der Waals surface area contributed by atoms with Gasteiger partial charge in [0.15, 0.2) is 6.10 Å². The molecule has 0 aliphatic rings. The molecule has 6 heteroatoms. The van der Waals surface area contributed by atoms with Crippen molar-refractivity contribution < 1.29 is 28.6 Å². The molecule has 0 aromatic rings. The van der Waals surface area contributed by atoms with Gasteiger partial charge in [0, 0.05) is 19.3 Å². The van der Waals surface area contributed by atoms with Gasteiger partial charge >= 0.3 is 17.9 Å². The third-order valence-electron chi connectivity index (χ3n) is 12.2. The molecule has 0 aromatic heterocycles. The van der Waals surface area contributed by atoms with Crippen LogP contribution in [-0.2, 0) is 28.6 Å². The Morgan fingerprint density at radius 3 is 0.859 bits per heavy atom. The van der Waals surface area contributed by atoms with E-state index in [1.54, 1.807) is 0 Å². The van der Waals surface area contributed by atoms with Crippen molar-refractivity contribution in [1.82, 2.24) is 0 Å². The van der Waals surface area contributed by atoms with E-state index in [0.29, 0.717) is 19.3 Å². The lowest BCUT2D eigenvalue weighted by Gasteiger charge is -2.18. The third-order valence-corrected chi connectivity index (χ3v) is 12.2. The Labute approximate surface area is 438 Å². The van der Waals surface area contributed by atoms with Crippen LogP contribution in [0, 0.1) is 0 Å². The number of allylic oxidation sites excluding steroid dienone is 18. The molecule has 0 amide bonds. The summed E-state index contributed by atoms with van der Waals surface area (Å²) in [6.07, 6.45) is 79.3. The molecule has 0 radical (unpaired) electrons. The highest BCUT2D eigenvalue weighted by atomic mass is 16.6. The van der Waals surface area contributed by atoms with E-state index in [1.807, 2.05) is 0 Å². The van der Waals surface area contributed by atoms with Crippen molar-refractivity contribution in [2.75, 3.05) is 13.2 Å². The van der Waals surface area contributed by atoms with Crippen LogP contribution in [0.4, 0.5) is 0 Å². The van der Waals surface area contributed by atoms with Crippen LogP contribution >= 0.6 is 0 Å². The number of carbonyl (C=O) groups is 3. The summed E-state index contributed by atoms with van der Waals surface area (Å²) in [4.78, 5) is 38.2. The minimum absolute atomic E-state index is 0.0931. The molecule has 0 heterocycles. The molecule has 71 heavy (non-hydrogen) atoms. The van der Waals surface area contributed by atoms with E-state index >= 15 is 0 Å². The topological polar surface area (TPSA) is 78.9 Å². The van der Waals surface area contributed by atoms with Gasteiger partial charge in [0.05, 0.1) is 0 Å². The summed E-state index contributed by atoms with van der Waals surface area (Å²) in [5.74, 6) is -0.922. The number of hydrogen-bond acceptors (Lipinski definition) is 6. The Morgan fingerprint density at radius 2 is 0.549 bits per heavy atom. The zero-order valence-corrected chi connectivity index (χ0v) is 46.2. The van der Waals surface area contributed by atoms with Crippen molar-refractivity contribution in [3.63, 3.8) is 0 Å². The summed E-state index contributed by atoms with van der Waals surface area (Å²) in [7, 11) is 0. The summed E-state index contributed by atoms with van der Waals surface area (Å²) in [5, 5.41) is 0. The Morgan fingerprint density at radius 1 is 0.296 bits per heavy atom. The van der Waals surface area contributed by atoms with Gasteiger partial charge in [-0.2, -0.15) is 0 Å². The van der Waals surface area contributed by atoms with E-state index in [0.717, 1.165) is 128 Å². The fourth-order valence-corrected chi connectivity index (χ4v) is 7.89. The smallest absolute Gasteiger partial charge is 0.306 e. The van der Waals surface area contributed by atoms with Crippen LogP contribution in [0.25, 0.3) is 0 Å². The Hall–Kier alpha value is -3.93. The summed E-state index contributed by atoms with van der Waals surface area (Å²) < 4.78 is 16.9. The molecule has 0 saturated carbocycles. The maximum Gasteiger partial charge on any atom is 0.306 e. The molecule has 0 aliphatic carbocycles. The molecular formula is C65H108O6. The van der Waals surface area contributed by atoms with Gasteiger partial charge in [0.2, 0.25) is 0 Å². The number of carbonyl (C=O) groups excluding carboxylic acids is 3. The van der Waals surface area contributed by atoms with E-state index in [9.17, 15) is 14.4 Å². The summed E-state index contributed by atoms with van der Waals surface area (Å²) in [5.41, 5.74) is 0. The number of hydrogen-bond donors (Lipinski definition) is 0. The first-order valence-electron chi connectivity index (χ1n) is 29.4. The van der Waals surface area contributed by atoms with Crippen LogP contribution in [-0.4, -0.2) is 37.2 Å². The molecule has 0 bridgehead atoms. The minimum Gasteiger partial charge on any atom is -0.462 e. The van der Waals surface area contributed by atoms with Gasteiger partial charge in [-0.1, -0.05) is 233 Å². The number of rotatable bonds is 52. The van der Waals surface area contributed by atoms with Crippen LogP contribution in [0.2, 0.25) is 0 Å². The van der Waals surface area contributed by atoms with Gasteiger partial charge in [0.1, 0.15) is 13.2 Å². The quantitative estimate of drug-likeness (QED) is 0.0261. The maximum atomic E-state index is 12.9. The van der Waals surface area contributed by atoms with Gasteiger partial charge < -0.3 is 14.2 Å². The molecule has 0 saturated heterocycles. The lowest BCUT2D eigenvalue weighted by atomic mass is 10.1. The molecule has 0 fully saturated rings. The molecule has 6 nitrogen and oxygen atoms in total. The predicted octanol–water partition coefficient (Wildman–Crippen LogP) is 19.9. The third kappa shape index (κ3) is 56.9. The largest absolute Gasteiger partial charge is 0.462 e. The predicted molar refractivity (Wildman–Crippen MR) is 307 cm³/mol. The van der Waals surface area contributed by atoms with E-state index in [-0.39, 0.29) is 31.1 Å². The van der Waals surface area contributed by atoms with E-state index < -0.39 is 6.10 Å². The number of ether oxygens (including phenoxy) is 3. The Kier molecular flexibility index (Phi) is 55.4. The van der Waals surface area contributed by atoms with Gasteiger partial charge in [0.25, 0.3) is 0 Å². The average Bonchev–Trinajstić information content (AvgIpc) is 3.37. The normalized spacial score (nSPS) is 12.9. The van der Waals surface area contributed by atoms with Crippen molar-refractivity contribution in [1.29, 1.82) is 0 Å². The van der Waals surface area contributed by atoms with Crippen molar-refractivity contribution in [3.8, 4) is 0 Å². The van der Waals surface area contributed by atoms with Crippen molar-refractivity contribution >= 4 is 17.9 Å². The Balaban J connectivity index is 4.45. The first-order valence-corrected chi connectivity index (χ1v) is 29.4. The van der Waals surface area contributed by atoms with E-state index in [2.05, 4.69) is 130 Å². The average molecular weight is 986 g/mol. The summed E-state index contributed by atoms with van der Waals surface area (Å²) in [6, 6.07) is 0. The molecule has 0 aliphatic heterocycles. The molecule has 0 rings (SSSR count). The first-order chi connectivity index (χ1) is 35.0. The van der Waals surface area contributed by atoms with Crippen molar-refractivity contribution in [2.24, 2.45) is 0 Å². The molecule has 1 atom stereocenters. The van der Waals surface area contributed by atoms with Gasteiger partial charge in [-0.3, -0.25) is 14.4 Å². The molecular weight excluding hydrogens is 877 g/mol.